The molecule has 0 bridgehead atoms. The van der Waals surface area contributed by atoms with Gasteiger partial charge in [0.25, 0.3) is 5.91 Å². The number of amides is 1. The number of carbonyl (C=O) groups is 1. The molecule has 1 heterocycles. The van der Waals surface area contributed by atoms with Crippen LogP contribution in [0.3, 0.4) is 0 Å². The average Bonchev–Trinajstić information content (AvgIpc) is 2.55. The van der Waals surface area contributed by atoms with Crippen molar-refractivity contribution in [1.29, 1.82) is 0 Å². The largest absolute Gasteiger partial charge is 0.477 e. The van der Waals surface area contributed by atoms with Crippen LogP contribution in [0.15, 0.2) is 36.5 Å². The SMILES string of the molecule is CCOc1ncccc1C(=O)Nc1c(CC)cccc1CC. The number of nitrogens with one attached hydrogen (secondary N) is 1. The smallest absolute Gasteiger partial charge is 0.261 e. The minimum absolute atomic E-state index is 0.188. The van der Waals surface area contributed by atoms with Crippen molar-refractivity contribution >= 4 is 11.6 Å². The summed E-state index contributed by atoms with van der Waals surface area (Å²) in [5.41, 5.74) is 3.63. The summed E-state index contributed by atoms with van der Waals surface area (Å²) in [7, 11) is 0. The molecule has 0 saturated heterocycles. The maximum absolute atomic E-state index is 12.6. The van der Waals surface area contributed by atoms with E-state index in [1.807, 2.05) is 25.1 Å². The van der Waals surface area contributed by atoms with Gasteiger partial charge in [-0.1, -0.05) is 32.0 Å². The van der Waals surface area contributed by atoms with Crippen LogP contribution in [0.25, 0.3) is 0 Å². The fourth-order valence-electron chi connectivity index (χ4n) is 2.40. The van der Waals surface area contributed by atoms with Gasteiger partial charge in [-0.05, 0) is 43.0 Å². The Balaban J connectivity index is 2.34. The van der Waals surface area contributed by atoms with Crippen molar-refractivity contribution in [2.45, 2.75) is 33.6 Å². The van der Waals surface area contributed by atoms with Gasteiger partial charge in [-0.15, -0.1) is 0 Å². The molecule has 0 saturated carbocycles. The number of rotatable bonds is 6. The molecule has 1 amide bonds. The monoisotopic (exact) mass is 298 g/mol. The van der Waals surface area contributed by atoms with Crippen LogP contribution in [0.1, 0.15) is 42.3 Å². The number of ether oxygens (including phenoxy) is 1. The fraction of sp³-hybridized carbons (Fsp3) is 0.333. The molecule has 0 radical (unpaired) electrons. The number of anilines is 1. The van der Waals surface area contributed by atoms with Crippen LogP contribution in [0, 0.1) is 0 Å². The van der Waals surface area contributed by atoms with E-state index in [4.69, 9.17) is 4.74 Å². The molecule has 4 nitrogen and oxygen atoms in total. The van der Waals surface area contributed by atoms with E-state index in [-0.39, 0.29) is 5.91 Å². The van der Waals surface area contributed by atoms with Gasteiger partial charge >= 0.3 is 0 Å². The molecule has 4 heteroatoms. The second-order valence-corrected chi connectivity index (χ2v) is 4.90. The quantitative estimate of drug-likeness (QED) is 0.881. The highest BCUT2D eigenvalue weighted by Gasteiger charge is 2.16. The average molecular weight is 298 g/mol. The molecule has 2 rings (SSSR count). The first kappa shape index (κ1) is 16.0. The van der Waals surface area contributed by atoms with E-state index < -0.39 is 0 Å². The van der Waals surface area contributed by atoms with Crippen LogP contribution in [0.2, 0.25) is 0 Å². The van der Waals surface area contributed by atoms with E-state index in [0.29, 0.717) is 18.1 Å². The zero-order valence-corrected chi connectivity index (χ0v) is 13.3. The van der Waals surface area contributed by atoms with Crippen LogP contribution in [-0.4, -0.2) is 17.5 Å². The third kappa shape index (κ3) is 3.45. The lowest BCUT2D eigenvalue weighted by atomic mass is 10.0. The normalized spacial score (nSPS) is 10.3. The molecule has 1 aromatic carbocycles. The molecule has 1 N–H and O–H groups in total. The van der Waals surface area contributed by atoms with Gasteiger partial charge in [0, 0.05) is 11.9 Å². The van der Waals surface area contributed by atoms with Crippen molar-refractivity contribution in [2.75, 3.05) is 11.9 Å². The summed E-state index contributed by atoms with van der Waals surface area (Å²) in [5.74, 6) is 0.182. The third-order valence-electron chi connectivity index (χ3n) is 3.53. The Morgan fingerprint density at radius 3 is 2.36 bits per heavy atom. The number of aryl methyl sites for hydroxylation is 2. The van der Waals surface area contributed by atoms with Crippen molar-refractivity contribution in [2.24, 2.45) is 0 Å². The fourth-order valence-corrected chi connectivity index (χ4v) is 2.40. The van der Waals surface area contributed by atoms with E-state index in [9.17, 15) is 4.79 Å². The Labute approximate surface area is 131 Å². The molecule has 0 unspecified atom stereocenters. The number of aromatic nitrogens is 1. The number of hydrogen-bond donors (Lipinski definition) is 1. The Hall–Kier alpha value is -2.36. The van der Waals surface area contributed by atoms with E-state index in [1.165, 1.54) is 0 Å². The lowest BCUT2D eigenvalue weighted by molar-refractivity contribution is 0.102. The highest BCUT2D eigenvalue weighted by molar-refractivity contribution is 6.06. The number of benzene rings is 1. The lowest BCUT2D eigenvalue weighted by Crippen LogP contribution is -2.16. The summed E-state index contributed by atoms with van der Waals surface area (Å²) >= 11 is 0. The van der Waals surface area contributed by atoms with E-state index in [2.05, 4.69) is 24.1 Å². The summed E-state index contributed by atoms with van der Waals surface area (Å²) in [6.07, 6.45) is 3.36. The Kier molecular flexibility index (Phi) is 5.53. The van der Waals surface area contributed by atoms with Gasteiger partial charge < -0.3 is 10.1 Å². The Morgan fingerprint density at radius 1 is 1.09 bits per heavy atom. The number of nitrogens with zero attached hydrogens (tertiary/aromatic N) is 1. The molecular formula is C18H22N2O2. The van der Waals surface area contributed by atoms with E-state index in [0.717, 1.165) is 29.7 Å². The number of pyridine rings is 1. The number of hydrogen-bond acceptors (Lipinski definition) is 3. The van der Waals surface area contributed by atoms with Gasteiger partial charge in [-0.25, -0.2) is 4.98 Å². The maximum Gasteiger partial charge on any atom is 0.261 e. The van der Waals surface area contributed by atoms with E-state index >= 15 is 0 Å². The molecule has 2 aromatic rings. The van der Waals surface area contributed by atoms with Crippen molar-refractivity contribution in [3.8, 4) is 5.88 Å². The first-order valence-corrected chi connectivity index (χ1v) is 7.71. The van der Waals surface area contributed by atoms with Gasteiger partial charge in [0.05, 0.1) is 6.61 Å². The van der Waals surface area contributed by atoms with Gasteiger partial charge in [-0.3, -0.25) is 4.79 Å². The maximum atomic E-state index is 12.6. The summed E-state index contributed by atoms with van der Waals surface area (Å²) in [6, 6.07) is 9.59. The predicted octanol–water partition coefficient (Wildman–Crippen LogP) is 3.86. The van der Waals surface area contributed by atoms with Gasteiger partial charge in [-0.2, -0.15) is 0 Å². The first-order valence-electron chi connectivity index (χ1n) is 7.71. The Bertz CT molecular complexity index is 631. The van der Waals surface area contributed by atoms with Crippen LogP contribution >= 0.6 is 0 Å². The van der Waals surface area contributed by atoms with Crippen molar-refractivity contribution < 1.29 is 9.53 Å². The number of carbonyl (C=O) groups excluding carboxylic acids is 1. The molecule has 0 spiro atoms. The lowest BCUT2D eigenvalue weighted by Gasteiger charge is -2.15. The van der Waals surface area contributed by atoms with Gasteiger partial charge in [0.15, 0.2) is 0 Å². The summed E-state index contributed by atoms with van der Waals surface area (Å²) < 4.78 is 5.44. The first-order chi connectivity index (χ1) is 10.7. The molecule has 0 aliphatic heterocycles. The topological polar surface area (TPSA) is 51.2 Å². The van der Waals surface area contributed by atoms with Crippen molar-refractivity contribution in [3.05, 3.63) is 53.2 Å². The molecular weight excluding hydrogens is 276 g/mol. The summed E-state index contributed by atoms with van der Waals surface area (Å²) in [5, 5.41) is 3.04. The summed E-state index contributed by atoms with van der Waals surface area (Å²) in [4.78, 5) is 16.7. The highest BCUT2D eigenvalue weighted by atomic mass is 16.5. The zero-order valence-electron chi connectivity index (χ0n) is 13.3. The van der Waals surface area contributed by atoms with Crippen LogP contribution in [-0.2, 0) is 12.8 Å². The molecule has 0 aliphatic rings. The summed E-state index contributed by atoms with van der Waals surface area (Å²) in [6.45, 7) is 6.52. The van der Waals surface area contributed by atoms with Crippen molar-refractivity contribution in [3.63, 3.8) is 0 Å². The van der Waals surface area contributed by atoms with Crippen molar-refractivity contribution in [1.82, 2.24) is 4.98 Å². The third-order valence-corrected chi connectivity index (χ3v) is 3.53. The molecule has 1 aromatic heterocycles. The highest BCUT2D eigenvalue weighted by Crippen LogP contribution is 2.24. The molecule has 0 fully saturated rings. The molecule has 116 valence electrons. The Morgan fingerprint density at radius 2 is 1.77 bits per heavy atom. The minimum atomic E-state index is -0.188. The second kappa shape index (κ2) is 7.59. The van der Waals surface area contributed by atoms with Crippen LogP contribution < -0.4 is 10.1 Å². The standard InChI is InChI=1S/C18H22N2O2/c1-4-13-9-7-10-14(5-2)16(13)20-17(21)15-11-8-12-19-18(15)22-6-3/h7-12H,4-6H2,1-3H3,(H,20,21). The van der Waals surface area contributed by atoms with E-state index in [1.54, 1.807) is 18.3 Å². The minimum Gasteiger partial charge on any atom is -0.477 e. The van der Waals surface area contributed by atoms with Crippen LogP contribution in [0.5, 0.6) is 5.88 Å². The molecule has 0 aliphatic carbocycles. The number of para-hydroxylation sites is 1. The van der Waals surface area contributed by atoms with Gasteiger partial charge in [0.2, 0.25) is 5.88 Å². The second-order valence-electron chi connectivity index (χ2n) is 4.90. The van der Waals surface area contributed by atoms with Crippen LogP contribution in [0.4, 0.5) is 5.69 Å². The zero-order chi connectivity index (χ0) is 15.9. The predicted molar refractivity (Wildman–Crippen MR) is 88.6 cm³/mol. The molecule has 22 heavy (non-hydrogen) atoms. The van der Waals surface area contributed by atoms with Gasteiger partial charge in [0.1, 0.15) is 5.56 Å². The molecule has 0 atom stereocenters.